The van der Waals surface area contributed by atoms with Gasteiger partial charge in [0, 0.05) is 0 Å². The molecule has 0 aliphatic rings. The molecule has 0 bridgehead atoms. The Morgan fingerprint density at radius 1 is 1.46 bits per heavy atom. The summed E-state index contributed by atoms with van der Waals surface area (Å²) in [6.07, 6.45) is -2.72. The van der Waals surface area contributed by atoms with E-state index in [1.807, 2.05) is 0 Å². The molecule has 0 aliphatic heterocycles. The van der Waals surface area contributed by atoms with Gasteiger partial charge in [-0.05, 0) is 23.4 Å². The lowest BCUT2D eigenvalue weighted by Crippen LogP contribution is -1.88. The van der Waals surface area contributed by atoms with Crippen molar-refractivity contribution >= 4 is 5.69 Å². The lowest BCUT2D eigenvalue weighted by atomic mass is 10.2. The predicted octanol–water partition coefficient (Wildman–Crippen LogP) is 3.03. The molecule has 0 heterocycles. The van der Waals surface area contributed by atoms with Crippen molar-refractivity contribution in [2.75, 3.05) is 7.11 Å². The predicted molar refractivity (Wildman–Crippen MR) is 43.4 cm³/mol. The topological polar surface area (TPSA) is 38.7 Å². The quantitative estimate of drug-likeness (QED) is 0.682. The number of benzene rings is 1. The summed E-state index contributed by atoms with van der Waals surface area (Å²) in [4.78, 5) is 10.1. The molecule has 1 rings (SSSR count). The minimum atomic E-state index is -2.72. The van der Waals surface area contributed by atoms with E-state index in [2.05, 4.69) is 5.18 Å². The second-order valence-corrected chi connectivity index (χ2v) is 2.32. The van der Waals surface area contributed by atoms with Crippen LogP contribution in [0.15, 0.2) is 23.4 Å². The van der Waals surface area contributed by atoms with E-state index in [1.54, 1.807) is 0 Å². The Morgan fingerprint density at radius 2 is 2.15 bits per heavy atom. The maximum Gasteiger partial charge on any atom is 0.266 e. The summed E-state index contributed by atoms with van der Waals surface area (Å²) in [5.41, 5.74) is -0.662. The highest BCUT2D eigenvalue weighted by molar-refractivity contribution is 5.50. The van der Waals surface area contributed by atoms with Gasteiger partial charge in [0.2, 0.25) is 0 Å². The molecule has 1 aromatic rings. The van der Waals surface area contributed by atoms with Crippen molar-refractivity contribution < 1.29 is 13.5 Å². The monoisotopic (exact) mass is 187 g/mol. The number of nitroso groups, excluding NO2 is 1. The number of ether oxygens (including phenoxy) is 1. The summed E-state index contributed by atoms with van der Waals surface area (Å²) >= 11 is 0. The molecular weight excluding hydrogens is 180 g/mol. The Hall–Kier alpha value is -1.52. The number of alkyl halides is 2. The van der Waals surface area contributed by atoms with E-state index >= 15 is 0 Å². The Bertz CT molecular complexity index is 315. The van der Waals surface area contributed by atoms with Crippen molar-refractivity contribution in [2.45, 2.75) is 6.43 Å². The Labute approximate surface area is 73.3 Å². The van der Waals surface area contributed by atoms with E-state index in [0.717, 1.165) is 6.07 Å². The van der Waals surface area contributed by atoms with Crippen LogP contribution in [0, 0.1) is 4.91 Å². The van der Waals surface area contributed by atoms with Gasteiger partial charge in [-0.25, -0.2) is 8.78 Å². The van der Waals surface area contributed by atoms with Crippen LogP contribution < -0.4 is 4.74 Å². The number of halogens is 2. The van der Waals surface area contributed by atoms with Crippen LogP contribution in [0.4, 0.5) is 14.5 Å². The molecule has 0 spiro atoms. The van der Waals surface area contributed by atoms with Crippen molar-refractivity contribution in [2.24, 2.45) is 5.18 Å². The first-order chi connectivity index (χ1) is 6.19. The molecule has 0 aliphatic carbocycles. The molecule has 0 saturated carbocycles. The summed E-state index contributed by atoms with van der Waals surface area (Å²) in [6.45, 7) is 0. The Balaban J connectivity index is 3.17. The van der Waals surface area contributed by atoms with E-state index in [-0.39, 0.29) is 11.4 Å². The molecule has 0 N–H and O–H groups in total. The van der Waals surface area contributed by atoms with Gasteiger partial charge in [0.05, 0.1) is 12.7 Å². The summed E-state index contributed by atoms with van der Waals surface area (Å²) in [5, 5.41) is 2.48. The van der Waals surface area contributed by atoms with Gasteiger partial charge >= 0.3 is 0 Å². The molecule has 70 valence electrons. The van der Waals surface area contributed by atoms with E-state index in [9.17, 15) is 13.7 Å². The normalized spacial score (nSPS) is 10.2. The zero-order valence-corrected chi connectivity index (χ0v) is 6.83. The fourth-order valence-electron chi connectivity index (χ4n) is 0.917. The highest BCUT2D eigenvalue weighted by Gasteiger charge is 2.14. The summed E-state index contributed by atoms with van der Waals surface area (Å²) in [6, 6.07) is 3.71. The van der Waals surface area contributed by atoms with Gasteiger partial charge in [-0.3, -0.25) is 0 Å². The SMILES string of the molecule is COc1ccc(N=O)c(C(F)F)c1. The molecule has 0 saturated heterocycles. The van der Waals surface area contributed by atoms with Crippen LogP contribution in [0.1, 0.15) is 12.0 Å². The lowest BCUT2D eigenvalue weighted by Gasteiger charge is -2.04. The fraction of sp³-hybridized carbons (Fsp3) is 0.250. The lowest BCUT2D eigenvalue weighted by molar-refractivity contribution is 0.151. The van der Waals surface area contributed by atoms with Gasteiger partial charge in [0.25, 0.3) is 6.43 Å². The third-order valence-electron chi connectivity index (χ3n) is 1.57. The highest BCUT2D eigenvalue weighted by Crippen LogP contribution is 2.32. The molecule has 13 heavy (non-hydrogen) atoms. The molecule has 0 atom stereocenters. The molecule has 0 radical (unpaired) electrons. The smallest absolute Gasteiger partial charge is 0.266 e. The van der Waals surface area contributed by atoms with E-state index < -0.39 is 12.0 Å². The van der Waals surface area contributed by atoms with Crippen LogP contribution >= 0.6 is 0 Å². The first-order valence-corrected chi connectivity index (χ1v) is 3.48. The average molecular weight is 187 g/mol. The van der Waals surface area contributed by atoms with Crippen molar-refractivity contribution in [3.63, 3.8) is 0 Å². The molecule has 1 aromatic carbocycles. The van der Waals surface area contributed by atoms with Gasteiger partial charge in [-0.2, -0.15) is 0 Å². The average Bonchev–Trinajstić information content (AvgIpc) is 2.16. The summed E-state index contributed by atoms with van der Waals surface area (Å²) < 4.78 is 29.3. The second-order valence-electron chi connectivity index (χ2n) is 2.32. The zero-order chi connectivity index (χ0) is 9.84. The van der Waals surface area contributed by atoms with Crippen LogP contribution in [0.25, 0.3) is 0 Å². The number of methoxy groups -OCH3 is 1. The third kappa shape index (κ3) is 1.99. The van der Waals surface area contributed by atoms with E-state index in [4.69, 9.17) is 4.74 Å². The Morgan fingerprint density at radius 3 is 2.62 bits per heavy atom. The van der Waals surface area contributed by atoms with Crippen molar-refractivity contribution in [1.82, 2.24) is 0 Å². The van der Waals surface area contributed by atoms with Gasteiger partial charge in [0.1, 0.15) is 11.4 Å². The van der Waals surface area contributed by atoms with Gasteiger partial charge in [0.15, 0.2) is 0 Å². The third-order valence-corrected chi connectivity index (χ3v) is 1.57. The van der Waals surface area contributed by atoms with Crippen LogP contribution in [0.2, 0.25) is 0 Å². The molecule has 5 heteroatoms. The largest absolute Gasteiger partial charge is 0.497 e. The van der Waals surface area contributed by atoms with Gasteiger partial charge in [-0.15, -0.1) is 4.91 Å². The van der Waals surface area contributed by atoms with Crippen LogP contribution in [-0.4, -0.2) is 7.11 Å². The maximum atomic E-state index is 12.3. The molecular formula is C8H7F2NO2. The first kappa shape index (κ1) is 9.57. The number of nitrogens with zero attached hydrogens (tertiary/aromatic N) is 1. The van der Waals surface area contributed by atoms with Crippen molar-refractivity contribution in [3.8, 4) is 5.75 Å². The number of hydrogen-bond donors (Lipinski definition) is 0. The molecule has 0 fully saturated rings. The summed E-state index contributed by atoms with van der Waals surface area (Å²) in [5.74, 6) is 0.280. The van der Waals surface area contributed by atoms with E-state index in [1.165, 1.54) is 19.2 Å². The van der Waals surface area contributed by atoms with Crippen LogP contribution in [0.5, 0.6) is 5.75 Å². The van der Waals surface area contributed by atoms with E-state index in [0.29, 0.717) is 0 Å². The summed E-state index contributed by atoms with van der Waals surface area (Å²) in [7, 11) is 1.36. The fourth-order valence-corrected chi connectivity index (χ4v) is 0.917. The number of rotatable bonds is 3. The minimum Gasteiger partial charge on any atom is -0.497 e. The van der Waals surface area contributed by atoms with Gasteiger partial charge in [-0.1, -0.05) is 0 Å². The van der Waals surface area contributed by atoms with Crippen LogP contribution in [0.3, 0.4) is 0 Å². The second kappa shape index (κ2) is 3.93. The maximum absolute atomic E-state index is 12.3. The first-order valence-electron chi connectivity index (χ1n) is 3.48. The van der Waals surface area contributed by atoms with Crippen molar-refractivity contribution in [1.29, 1.82) is 0 Å². The molecule has 0 unspecified atom stereocenters. The van der Waals surface area contributed by atoms with Crippen LogP contribution in [-0.2, 0) is 0 Å². The molecule has 0 amide bonds. The zero-order valence-electron chi connectivity index (χ0n) is 6.83. The highest BCUT2D eigenvalue weighted by atomic mass is 19.3. The van der Waals surface area contributed by atoms with Gasteiger partial charge < -0.3 is 4.74 Å². The van der Waals surface area contributed by atoms with Crippen molar-refractivity contribution in [3.05, 3.63) is 28.7 Å². The molecule has 3 nitrogen and oxygen atoms in total. The Kier molecular flexibility index (Phi) is 2.89. The standard InChI is InChI=1S/C8H7F2NO2/c1-13-5-2-3-7(11-12)6(4-5)8(9)10/h2-4,8H,1H3. The minimum absolute atomic E-state index is 0.254. The number of hydrogen-bond acceptors (Lipinski definition) is 3. The molecule has 0 aromatic heterocycles.